The van der Waals surface area contributed by atoms with Gasteiger partial charge in [0.1, 0.15) is 11.7 Å². The highest BCUT2D eigenvalue weighted by atomic mass is 19.3. The second-order valence-corrected chi connectivity index (χ2v) is 8.42. The predicted molar refractivity (Wildman–Crippen MR) is 123 cm³/mol. The van der Waals surface area contributed by atoms with Crippen molar-refractivity contribution in [3.05, 3.63) is 64.5 Å². The zero-order valence-corrected chi connectivity index (χ0v) is 19.0. The number of aromatic nitrogens is 1. The number of pyridine rings is 1. The van der Waals surface area contributed by atoms with Gasteiger partial charge in [-0.2, -0.15) is 0 Å². The van der Waals surface area contributed by atoms with Gasteiger partial charge in [-0.15, -0.1) is 0 Å². The molecule has 0 aromatic carbocycles. The van der Waals surface area contributed by atoms with E-state index in [4.69, 9.17) is 0 Å². The van der Waals surface area contributed by atoms with Gasteiger partial charge in [0.25, 0.3) is 5.92 Å². The lowest BCUT2D eigenvalue weighted by atomic mass is 9.91. The summed E-state index contributed by atoms with van der Waals surface area (Å²) in [5.41, 5.74) is 4.79. The number of dihydropyridines is 1. The number of carbonyl (C=O) groups excluding carboxylic acids is 1. The molecule has 0 saturated heterocycles. The Morgan fingerprint density at radius 2 is 2.12 bits per heavy atom. The maximum absolute atomic E-state index is 13.1. The van der Waals surface area contributed by atoms with Gasteiger partial charge in [0, 0.05) is 24.4 Å². The second-order valence-electron chi connectivity index (χ2n) is 8.42. The van der Waals surface area contributed by atoms with E-state index in [-0.39, 0.29) is 11.9 Å². The van der Waals surface area contributed by atoms with Crippen molar-refractivity contribution in [2.75, 3.05) is 5.32 Å². The number of amides is 1. The molecule has 3 unspecified atom stereocenters. The molecule has 0 radical (unpaired) electrons. The summed E-state index contributed by atoms with van der Waals surface area (Å²) in [5, 5.41) is 15.9. The Labute approximate surface area is 188 Å². The average Bonchev–Trinajstić information content (AvgIpc) is 3.40. The highest BCUT2D eigenvalue weighted by molar-refractivity contribution is 5.94. The van der Waals surface area contributed by atoms with Crippen LogP contribution in [0.2, 0.25) is 0 Å². The molecule has 1 aliphatic heterocycles. The van der Waals surface area contributed by atoms with E-state index >= 15 is 0 Å². The number of carbonyl (C=O) groups is 1. The summed E-state index contributed by atoms with van der Waals surface area (Å²) in [6, 6.07) is 1.57. The van der Waals surface area contributed by atoms with Gasteiger partial charge in [-0.1, -0.05) is 32.1 Å². The van der Waals surface area contributed by atoms with Crippen molar-refractivity contribution in [2.24, 2.45) is 5.92 Å². The molecule has 3 rings (SSSR count). The molecule has 2 aliphatic rings. The third-order valence-electron chi connectivity index (χ3n) is 5.81. The normalized spacial score (nSPS) is 23.3. The fourth-order valence-corrected chi connectivity index (χ4v) is 3.61. The third-order valence-corrected chi connectivity index (χ3v) is 5.81. The number of halogens is 2. The van der Waals surface area contributed by atoms with Crippen molar-refractivity contribution in [1.82, 2.24) is 10.3 Å². The maximum atomic E-state index is 13.1. The zero-order valence-electron chi connectivity index (χ0n) is 19.0. The summed E-state index contributed by atoms with van der Waals surface area (Å²) in [6.07, 6.45) is 12.4. The summed E-state index contributed by atoms with van der Waals surface area (Å²) in [5.74, 6) is -4.59. The number of hydrogen-bond donors (Lipinski definition) is 3. The quantitative estimate of drug-likeness (QED) is 0.500. The number of anilines is 1. The Balaban J connectivity index is 1.82. The number of alkyl halides is 2. The number of hydrogen-bond acceptors (Lipinski definition) is 4. The molecule has 172 valence electrons. The van der Waals surface area contributed by atoms with Crippen molar-refractivity contribution in [3.8, 4) is 0 Å². The van der Waals surface area contributed by atoms with Gasteiger partial charge in [-0.25, -0.2) is 13.8 Å². The first-order valence-corrected chi connectivity index (χ1v) is 11.0. The van der Waals surface area contributed by atoms with Crippen LogP contribution in [0.5, 0.6) is 0 Å². The number of nitrogens with zero attached hydrogens (tertiary/aromatic N) is 1. The van der Waals surface area contributed by atoms with Gasteiger partial charge in [0.05, 0.1) is 12.1 Å². The second kappa shape index (κ2) is 9.77. The molecular weight excluding hydrogens is 412 g/mol. The van der Waals surface area contributed by atoms with Crippen LogP contribution in [0.15, 0.2) is 53.4 Å². The summed E-state index contributed by atoms with van der Waals surface area (Å²) in [6.45, 7) is 7.92. The molecule has 1 amide bonds. The number of allylic oxidation sites excluding steroid dienone is 5. The fraction of sp³-hybridized carbons (Fsp3) is 0.440. The van der Waals surface area contributed by atoms with Crippen LogP contribution in [0.1, 0.15) is 51.2 Å². The molecule has 1 aromatic rings. The average molecular weight is 444 g/mol. The minimum atomic E-state index is -2.90. The molecule has 32 heavy (non-hydrogen) atoms. The number of aliphatic hydroxyl groups excluding tert-OH is 1. The standard InChI is InChI=1S/C25H31F2N3O2/c1-5-7-8-17(19-14-28-21(9-16(19)4)22(31)6-2)11-18-13-29-23(10-15(18)3)30-24(32)20-12-25(20,26)27/h7-11,13-14,20-22,28,31H,5-6,12H2,1-4H3,(H,29,30,32)/b8-7+,17-11+. The lowest BCUT2D eigenvalue weighted by Crippen LogP contribution is -2.37. The highest BCUT2D eigenvalue weighted by Gasteiger charge is 2.61. The summed E-state index contributed by atoms with van der Waals surface area (Å²) < 4.78 is 26.2. The van der Waals surface area contributed by atoms with Crippen LogP contribution in [0.4, 0.5) is 14.6 Å². The van der Waals surface area contributed by atoms with Crippen molar-refractivity contribution in [2.45, 2.75) is 65.0 Å². The molecule has 7 heteroatoms. The van der Waals surface area contributed by atoms with Crippen LogP contribution in [0, 0.1) is 12.8 Å². The molecule has 3 atom stereocenters. The molecule has 5 nitrogen and oxygen atoms in total. The number of nitrogens with one attached hydrogen (secondary N) is 2. The first kappa shape index (κ1) is 23.9. The van der Waals surface area contributed by atoms with Crippen LogP contribution >= 0.6 is 0 Å². The fourth-order valence-electron chi connectivity index (χ4n) is 3.61. The van der Waals surface area contributed by atoms with Gasteiger partial charge in [0.15, 0.2) is 0 Å². The van der Waals surface area contributed by atoms with E-state index < -0.39 is 30.3 Å². The van der Waals surface area contributed by atoms with E-state index in [2.05, 4.69) is 28.6 Å². The SMILES string of the molecule is CC/C=C/C(=C\c1cnc(NC(=O)C2CC2(F)F)cc1C)C1=CNC(C(O)CC)C=C1C. The molecule has 1 aromatic heterocycles. The lowest BCUT2D eigenvalue weighted by Gasteiger charge is -2.26. The summed E-state index contributed by atoms with van der Waals surface area (Å²) in [4.78, 5) is 16.2. The van der Waals surface area contributed by atoms with E-state index in [0.717, 1.165) is 34.3 Å². The smallest absolute Gasteiger partial charge is 0.260 e. The Kier molecular flexibility index (Phi) is 7.29. The molecule has 0 bridgehead atoms. The van der Waals surface area contributed by atoms with E-state index in [1.807, 2.05) is 45.2 Å². The van der Waals surface area contributed by atoms with Gasteiger partial charge < -0.3 is 15.7 Å². The molecular formula is C25H31F2N3O2. The highest BCUT2D eigenvalue weighted by Crippen LogP contribution is 2.49. The zero-order chi connectivity index (χ0) is 23.5. The Morgan fingerprint density at radius 3 is 2.69 bits per heavy atom. The number of rotatable bonds is 8. The molecule has 2 heterocycles. The summed E-state index contributed by atoms with van der Waals surface area (Å²) in [7, 11) is 0. The van der Waals surface area contributed by atoms with E-state index in [1.54, 1.807) is 12.3 Å². The van der Waals surface area contributed by atoms with Crippen LogP contribution in [0.25, 0.3) is 6.08 Å². The molecule has 3 N–H and O–H groups in total. The Bertz CT molecular complexity index is 995. The third kappa shape index (κ3) is 5.51. The lowest BCUT2D eigenvalue weighted by molar-refractivity contribution is -0.119. The van der Waals surface area contributed by atoms with Crippen LogP contribution in [0.3, 0.4) is 0 Å². The minimum Gasteiger partial charge on any atom is -0.391 e. The minimum absolute atomic E-state index is 0.120. The van der Waals surface area contributed by atoms with E-state index in [0.29, 0.717) is 6.42 Å². The van der Waals surface area contributed by atoms with E-state index in [9.17, 15) is 18.7 Å². The van der Waals surface area contributed by atoms with Gasteiger partial charge in [-0.3, -0.25) is 4.79 Å². The van der Waals surface area contributed by atoms with Gasteiger partial charge in [-0.05, 0) is 61.1 Å². The van der Waals surface area contributed by atoms with Crippen molar-refractivity contribution >= 4 is 17.8 Å². The maximum Gasteiger partial charge on any atom is 0.260 e. The summed E-state index contributed by atoms with van der Waals surface area (Å²) >= 11 is 0. The number of aryl methyl sites for hydroxylation is 1. The first-order valence-electron chi connectivity index (χ1n) is 11.0. The monoisotopic (exact) mass is 443 g/mol. The van der Waals surface area contributed by atoms with Crippen LogP contribution < -0.4 is 10.6 Å². The molecule has 1 aliphatic carbocycles. The van der Waals surface area contributed by atoms with Crippen molar-refractivity contribution in [3.63, 3.8) is 0 Å². The van der Waals surface area contributed by atoms with Crippen LogP contribution in [-0.2, 0) is 4.79 Å². The largest absolute Gasteiger partial charge is 0.391 e. The van der Waals surface area contributed by atoms with Crippen molar-refractivity contribution < 1.29 is 18.7 Å². The van der Waals surface area contributed by atoms with Gasteiger partial charge in [0.2, 0.25) is 5.91 Å². The topological polar surface area (TPSA) is 74.2 Å². The molecule has 1 saturated carbocycles. The Hall–Kier alpha value is -2.80. The van der Waals surface area contributed by atoms with Gasteiger partial charge >= 0.3 is 0 Å². The van der Waals surface area contributed by atoms with Crippen LogP contribution in [-0.4, -0.2) is 34.1 Å². The first-order chi connectivity index (χ1) is 15.2. The predicted octanol–water partition coefficient (Wildman–Crippen LogP) is 4.91. The Morgan fingerprint density at radius 1 is 1.41 bits per heavy atom. The van der Waals surface area contributed by atoms with E-state index in [1.165, 1.54) is 0 Å². The number of aliphatic hydroxyl groups is 1. The van der Waals surface area contributed by atoms with Crippen molar-refractivity contribution in [1.29, 1.82) is 0 Å². The molecule has 1 fully saturated rings. The molecule has 0 spiro atoms.